The monoisotopic (exact) mass is 309 g/mol. The van der Waals surface area contributed by atoms with Crippen LogP contribution in [0.4, 0.5) is 0 Å². The number of carbonyl (C=O) groups is 2. The lowest BCUT2D eigenvalue weighted by atomic mass is 10.1. The minimum Gasteiger partial charge on any atom is -0.497 e. The van der Waals surface area contributed by atoms with Crippen molar-refractivity contribution in [2.24, 2.45) is 0 Å². The third-order valence-corrected chi connectivity index (χ3v) is 4.98. The molecule has 0 aliphatic carbocycles. The standard InChI is InChI=1S/C15H19NO4S/c1-3-14-16(12(9-21-14)15(18)19)13(17)8-10-4-6-11(20-2)7-5-10/h4-7,12,14H,3,8-9H2,1-2H3,(H,18,19). The molecule has 2 rings (SSSR count). The van der Waals surface area contributed by atoms with Gasteiger partial charge in [-0.1, -0.05) is 19.1 Å². The number of hydrogen-bond donors (Lipinski definition) is 1. The minimum atomic E-state index is -0.929. The molecular weight excluding hydrogens is 290 g/mol. The van der Waals surface area contributed by atoms with Crippen LogP contribution in [0.15, 0.2) is 24.3 Å². The smallest absolute Gasteiger partial charge is 0.327 e. The van der Waals surface area contributed by atoms with Crippen LogP contribution < -0.4 is 4.74 Å². The zero-order valence-corrected chi connectivity index (χ0v) is 12.9. The van der Waals surface area contributed by atoms with Gasteiger partial charge in [0.05, 0.1) is 18.9 Å². The third-order valence-electron chi connectivity index (χ3n) is 3.53. The second kappa shape index (κ2) is 6.85. The molecule has 0 radical (unpaired) electrons. The summed E-state index contributed by atoms with van der Waals surface area (Å²) in [6, 6.07) is 6.54. The molecular formula is C15H19NO4S. The van der Waals surface area contributed by atoms with Gasteiger partial charge in [0.25, 0.3) is 0 Å². The second-order valence-corrected chi connectivity index (χ2v) is 6.09. The van der Waals surface area contributed by atoms with Crippen molar-refractivity contribution in [3.05, 3.63) is 29.8 Å². The molecule has 0 bridgehead atoms. The first-order valence-electron chi connectivity index (χ1n) is 6.85. The number of aliphatic carboxylic acids is 1. The molecule has 1 aromatic carbocycles. The maximum atomic E-state index is 12.5. The van der Waals surface area contributed by atoms with Gasteiger partial charge in [0.15, 0.2) is 0 Å². The number of ether oxygens (including phenoxy) is 1. The van der Waals surface area contributed by atoms with Crippen molar-refractivity contribution in [1.29, 1.82) is 0 Å². The summed E-state index contributed by atoms with van der Waals surface area (Å²) in [5, 5.41) is 9.21. The van der Waals surface area contributed by atoms with E-state index in [1.807, 2.05) is 19.1 Å². The van der Waals surface area contributed by atoms with Crippen LogP contribution in [0, 0.1) is 0 Å². The number of methoxy groups -OCH3 is 1. The zero-order valence-electron chi connectivity index (χ0n) is 12.1. The van der Waals surface area contributed by atoms with Crippen LogP contribution in [0.25, 0.3) is 0 Å². The van der Waals surface area contributed by atoms with Gasteiger partial charge in [-0.2, -0.15) is 0 Å². The molecule has 114 valence electrons. The Hall–Kier alpha value is -1.69. The van der Waals surface area contributed by atoms with E-state index >= 15 is 0 Å². The first-order chi connectivity index (χ1) is 10.1. The topological polar surface area (TPSA) is 66.8 Å². The number of benzene rings is 1. The Balaban J connectivity index is 2.10. The van der Waals surface area contributed by atoms with Crippen molar-refractivity contribution in [3.8, 4) is 5.75 Å². The van der Waals surface area contributed by atoms with Gasteiger partial charge in [-0.3, -0.25) is 4.79 Å². The van der Waals surface area contributed by atoms with Gasteiger partial charge in [0, 0.05) is 5.75 Å². The van der Waals surface area contributed by atoms with Crippen molar-refractivity contribution in [1.82, 2.24) is 4.90 Å². The number of carboxylic acid groups (broad SMARTS) is 1. The van der Waals surface area contributed by atoms with Crippen LogP contribution in [0.3, 0.4) is 0 Å². The maximum Gasteiger partial charge on any atom is 0.327 e. The highest BCUT2D eigenvalue weighted by atomic mass is 32.2. The predicted molar refractivity (Wildman–Crippen MR) is 81.5 cm³/mol. The highest BCUT2D eigenvalue weighted by Gasteiger charge is 2.40. The van der Waals surface area contributed by atoms with Crippen LogP contribution >= 0.6 is 11.8 Å². The van der Waals surface area contributed by atoms with Gasteiger partial charge >= 0.3 is 5.97 Å². The lowest BCUT2D eigenvalue weighted by Gasteiger charge is -2.26. The van der Waals surface area contributed by atoms with Crippen LogP contribution in [-0.2, 0) is 16.0 Å². The molecule has 1 saturated heterocycles. The van der Waals surface area contributed by atoms with Gasteiger partial charge < -0.3 is 14.7 Å². The first-order valence-corrected chi connectivity index (χ1v) is 7.90. The van der Waals surface area contributed by atoms with Crippen molar-refractivity contribution in [2.75, 3.05) is 12.9 Å². The van der Waals surface area contributed by atoms with E-state index in [0.717, 1.165) is 17.7 Å². The van der Waals surface area contributed by atoms with Gasteiger partial charge in [-0.05, 0) is 24.1 Å². The SMILES string of the molecule is CCC1SCC(C(=O)O)N1C(=O)Cc1ccc(OC)cc1. The van der Waals surface area contributed by atoms with E-state index in [0.29, 0.717) is 5.75 Å². The summed E-state index contributed by atoms with van der Waals surface area (Å²) in [7, 11) is 1.59. The molecule has 1 amide bonds. The lowest BCUT2D eigenvalue weighted by molar-refractivity contribution is -0.148. The summed E-state index contributed by atoms with van der Waals surface area (Å²) in [6.07, 6.45) is 0.966. The Labute approximate surface area is 128 Å². The Morgan fingerprint density at radius 3 is 2.57 bits per heavy atom. The molecule has 2 unspecified atom stereocenters. The molecule has 1 fully saturated rings. The summed E-state index contributed by atoms with van der Waals surface area (Å²) >= 11 is 1.54. The van der Waals surface area contributed by atoms with Crippen LogP contribution in [0.5, 0.6) is 5.75 Å². The molecule has 6 heteroatoms. The van der Waals surface area contributed by atoms with E-state index in [1.54, 1.807) is 19.2 Å². The Kier molecular flexibility index (Phi) is 5.12. The number of carbonyl (C=O) groups excluding carboxylic acids is 1. The number of thioether (sulfide) groups is 1. The first kappa shape index (κ1) is 15.7. The quantitative estimate of drug-likeness (QED) is 0.901. The lowest BCUT2D eigenvalue weighted by Crippen LogP contribution is -2.46. The summed E-state index contributed by atoms with van der Waals surface area (Å²) in [5.74, 6) is 0.131. The van der Waals surface area contributed by atoms with Gasteiger partial charge in [0.2, 0.25) is 5.91 Å². The van der Waals surface area contributed by atoms with E-state index in [2.05, 4.69) is 0 Å². The maximum absolute atomic E-state index is 12.5. The van der Waals surface area contributed by atoms with E-state index in [1.165, 1.54) is 16.7 Å². The average molecular weight is 309 g/mol. The van der Waals surface area contributed by atoms with Crippen molar-refractivity contribution < 1.29 is 19.4 Å². The van der Waals surface area contributed by atoms with E-state index in [4.69, 9.17) is 4.74 Å². The third kappa shape index (κ3) is 3.50. The van der Waals surface area contributed by atoms with Crippen LogP contribution in [-0.4, -0.2) is 46.2 Å². The summed E-state index contributed by atoms with van der Waals surface area (Å²) in [5.41, 5.74) is 0.858. The predicted octanol–water partition coefficient (Wildman–Crippen LogP) is 2.00. The average Bonchev–Trinajstić information content (AvgIpc) is 2.92. The molecule has 0 saturated carbocycles. The van der Waals surface area contributed by atoms with E-state index in [-0.39, 0.29) is 17.7 Å². The Morgan fingerprint density at radius 1 is 1.38 bits per heavy atom. The number of rotatable bonds is 5. The van der Waals surface area contributed by atoms with Gasteiger partial charge in [0.1, 0.15) is 11.8 Å². The molecule has 0 aromatic heterocycles. The molecule has 1 heterocycles. The fourth-order valence-electron chi connectivity index (χ4n) is 2.41. The summed E-state index contributed by atoms with van der Waals surface area (Å²) in [4.78, 5) is 25.3. The summed E-state index contributed by atoms with van der Waals surface area (Å²) in [6.45, 7) is 1.97. The number of nitrogens with zero attached hydrogens (tertiary/aromatic N) is 1. The molecule has 2 atom stereocenters. The van der Waals surface area contributed by atoms with Crippen LogP contribution in [0.2, 0.25) is 0 Å². The Morgan fingerprint density at radius 2 is 2.05 bits per heavy atom. The molecule has 21 heavy (non-hydrogen) atoms. The normalized spacial score (nSPS) is 21.3. The van der Waals surface area contributed by atoms with E-state index in [9.17, 15) is 14.7 Å². The van der Waals surface area contributed by atoms with Crippen molar-refractivity contribution in [2.45, 2.75) is 31.2 Å². The highest BCUT2D eigenvalue weighted by Crippen LogP contribution is 2.32. The largest absolute Gasteiger partial charge is 0.497 e. The van der Waals surface area contributed by atoms with E-state index < -0.39 is 12.0 Å². The number of hydrogen-bond acceptors (Lipinski definition) is 4. The number of carboxylic acids is 1. The van der Waals surface area contributed by atoms with Crippen molar-refractivity contribution >= 4 is 23.6 Å². The Bertz CT molecular complexity index is 517. The molecule has 1 aliphatic rings. The summed E-state index contributed by atoms with van der Waals surface area (Å²) < 4.78 is 5.08. The molecule has 1 aliphatic heterocycles. The molecule has 1 aromatic rings. The minimum absolute atomic E-state index is 0.0446. The highest BCUT2D eigenvalue weighted by molar-refractivity contribution is 8.00. The fourth-order valence-corrected chi connectivity index (χ4v) is 3.78. The van der Waals surface area contributed by atoms with Gasteiger partial charge in [-0.25, -0.2) is 4.79 Å². The molecule has 0 spiro atoms. The molecule has 5 nitrogen and oxygen atoms in total. The molecule has 1 N–H and O–H groups in total. The van der Waals surface area contributed by atoms with Crippen LogP contribution in [0.1, 0.15) is 18.9 Å². The van der Waals surface area contributed by atoms with Gasteiger partial charge in [-0.15, -0.1) is 11.8 Å². The van der Waals surface area contributed by atoms with Crippen molar-refractivity contribution in [3.63, 3.8) is 0 Å². The zero-order chi connectivity index (χ0) is 15.4. The number of amides is 1. The fraction of sp³-hybridized carbons (Fsp3) is 0.467. The second-order valence-electron chi connectivity index (χ2n) is 4.88.